The van der Waals surface area contributed by atoms with E-state index in [1.54, 1.807) is 16.7 Å². The molecule has 5 heterocycles. The number of sulfonamides is 1. The van der Waals surface area contributed by atoms with Crippen LogP contribution >= 0.6 is 23.2 Å². The van der Waals surface area contributed by atoms with Crippen molar-refractivity contribution in [3.05, 3.63) is 64.5 Å². The summed E-state index contributed by atoms with van der Waals surface area (Å²) in [7, 11) is -3.17. The van der Waals surface area contributed by atoms with Gasteiger partial charge in [-0.3, -0.25) is 10.1 Å². The fourth-order valence-electron chi connectivity index (χ4n) is 5.70. The SMILES string of the molecule is C[C@@H](Oc1ccc2[nH]nc(-c3ccc(N4CC5(CCCN(S(C)(=O)=O)C5)C4)nc3)c2c1)c1c(Cl)cncc1Cl. The van der Waals surface area contributed by atoms with Crippen molar-refractivity contribution in [2.75, 3.05) is 37.3 Å². The zero-order chi connectivity index (χ0) is 27.4. The number of nitrogens with one attached hydrogen (secondary N) is 1. The molecule has 9 nitrogen and oxygen atoms in total. The summed E-state index contributed by atoms with van der Waals surface area (Å²) in [6.45, 7) is 4.70. The number of pyridine rings is 2. The molecular formula is C27H28Cl2N6O3S. The Balaban J connectivity index is 1.18. The molecule has 3 aromatic heterocycles. The van der Waals surface area contributed by atoms with Crippen LogP contribution in [0, 0.1) is 5.41 Å². The van der Waals surface area contributed by atoms with E-state index in [0.717, 1.165) is 53.9 Å². The van der Waals surface area contributed by atoms with Gasteiger partial charge in [0.05, 0.1) is 21.8 Å². The van der Waals surface area contributed by atoms with Crippen molar-refractivity contribution < 1.29 is 13.2 Å². The van der Waals surface area contributed by atoms with Crippen molar-refractivity contribution in [3.63, 3.8) is 0 Å². The molecule has 2 fully saturated rings. The number of hydrogen-bond donors (Lipinski definition) is 1. The van der Waals surface area contributed by atoms with Gasteiger partial charge in [-0.2, -0.15) is 5.10 Å². The van der Waals surface area contributed by atoms with Gasteiger partial charge in [0.2, 0.25) is 10.0 Å². The molecule has 204 valence electrons. The molecule has 0 aliphatic carbocycles. The van der Waals surface area contributed by atoms with Crippen LogP contribution < -0.4 is 9.64 Å². The largest absolute Gasteiger partial charge is 0.486 e. The van der Waals surface area contributed by atoms with Crippen molar-refractivity contribution in [2.24, 2.45) is 5.41 Å². The maximum absolute atomic E-state index is 12.0. The summed E-state index contributed by atoms with van der Waals surface area (Å²) in [5.41, 5.74) is 3.24. The smallest absolute Gasteiger partial charge is 0.211 e. The summed E-state index contributed by atoms with van der Waals surface area (Å²) >= 11 is 12.6. The topological polar surface area (TPSA) is 104 Å². The normalized spacial score (nSPS) is 18.3. The predicted octanol–water partition coefficient (Wildman–Crippen LogP) is 5.33. The van der Waals surface area contributed by atoms with Gasteiger partial charge in [-0.15, -0.1) is 0 Å². The van der Waals surface area contributed by atoms with Crippen LogP contribution in [-0.4, -0.2) is 65.3 Å². The fourth-order valence-corrected chi connectivity index (χ4v) is 7.34. The Morgan fingerprint density at radius 1 is 1.08 bits per heavy atom. The van der Waals surface area contributed by atoms with E-state index in [9.17, 15) is 8.42 Å². The molecule has 6 rings (SSSR count). The van der Waals surface area contributed by atoms with E-state index in [1.807, 2.05) is 43.5 Å². The molecule has 0 unspecified atom stereocenters. The zero-order valence-corrected chi connectivity index (χ0v) is 23.9. The van der Waals surface area contributed by atoms with Gasteiger partial charge in [-0.25, -0.2) is 17.7 Å². The highest BCUT2D eigenvalue weighted by atomic mass is 35.5. The van der Waals surface area contributed by atoms with Gasteiger partial charge >= 0.3 is 0 Å². The third-order valence-corrected chi connectivity index (χ3v) is 9.49. The molecule has 2 aliphatic rings. The summed E-state index contributed by atoms with van der Waals surface area (Å²) in [5, 5.41) is 9.44. The minimum Gasteiger partial charge on any atom is -0.486 e. The summed E-state index contributed by atoms with van der Waals surface area (Å²) in [5.74, 6) is 1.54. The molecule has 1 atom stereocenters. The molecular weight excluding hydrogens is 559 g/mol. The molecule has 1 spiro atoms. The van der Waals surface area contributed by atoms with Crippen LogP contribution in [0.4, 0.5) is 5.82 Å². The van der Waals surface area contributed by atoms with Gasteiger partial charge in [0.25, 0.3) is 0 Å². The zero-order valence-electron chi connectivity index (χ0n) is 21.6. The van der Waals surface area contributed by atoms with Crippen molar-refractivity contribution in [3.8, 4) is 17.0 Å². The highest BCUT2D eigenvalue weighted by Gasteiger charge is 2.47. The van der Waals surface area contributed by atoms with Gasteiger partial charge in [0.1, 0.15) is 23.4 Å². The first-order valence-electron chi connectivity index (χ1n) is 12.7. The Morgan fingerprint density at radius 2 is 1.85 bits per heavy atom. The number of nitrogens with zero attached hydrogens (tertiary/aromatic N) is 5. The minimum absolute atomic E-state index is 0.0122. The van der Waals surface area contributed by atoms with Crippen LogP contribution in [-0.2, 0) is 10.0 Å². The Kier molecular flexibility index (Phi) is 6.69. The molecule has 0 amide bonds. The highest BCUT2D eigenvalue weighted by molar-refractivity contribution is 7.88. The van der Waals surface area contributed by atoms with E-state index in [2.05, 4.69) is 20.1 Å². The van der Waals surface area contributed by atoms with Crippen molar-refractivity contribution in [2.45, 2.75) is 25.9 Å². The number of rotatable bonds is 6. The van der Waals surface area contributed by atoms with Gasteiger partial charge in [-0.05, 0) is 50.1 Å². The Morgan fingerprint density at radius 3 is 2.54 bits per heavy atom. The van der Waals surface area contributed by atoms with Crippen molar-refractivity contribution >= 4 is 49.9 Å². The van der Waals surface area contributed by atoms with Crippen LogP contribution in [0.5, 0.6) is 5.75 Å². The molecule has 39 heavy (non-hydrogen) atoms. The Labute approximate surface area is 237 Å². The van der Waals surface area contributed by atoms with Crippen LogP contribution in [0.3, 0.4) is 0 Å². The number of aromatic nitrogens is 4. The number of hydrogen-bond acceptors (Lipinski definition) is 7. The highest BCUT2D eigenvalue weighted by Crippen LogP contribution is 2.42. The molecule has 2 saturated heterocycles. The van der Waals surface area contributed by atoms with Gasteiger partial charge < -0.3 is 9.64 Å². The van der Waals surface area contributed by atoms with E-state index in [4.69, 9.17) is 32.9 Å². The monoisotopic (exact) mass is 586 g/mol. The number of anilines is 1. The summed E-state index contributed by atoms with van der Waals surface area (Å²) in [6, 6.07) is 9.75. The lowest BCUT2D eigenvalue weighted by Gasteiger charge is -2.54. The summed E-state index contributed by atoms with van der Waals surface area (Å²) in [4.78, 5) is 10.9. The molecule has 2 aliphatic heterocycles. The third-order valence-electron chi connectivity index (χ3n) is 7.64. The maximum Gasteiger partial charge on any atom is 0.211 e. The van der Waals surface area contributed by atoms with Crippen LogP contribution in [0.25, 0.3) is 22.2 Å². The average Bonchev–Trinajstić information content (AvgIpc) is 3.30. The number of ether oxygens (including phenoxy) is 1. The number of piperidine rings is 1. The average molecular weight is 588 g/mol. The molecule has 0 saturated carbocycles. The molecule has 1 aromatic carbocycles. The first kappa shape index (κ1) is 26.3. The lowest BCUT2D eigenvalue weighted by Crippen LogP contribution is -2.63. The fraction of sp³-hybridized carbons (Fsp3) is 0.370. The number of aromatic amines is 1. The van der Waals surface area contributed by atoms with Gasteiger partial charge in [0, 0.05) is 66.7 Å². The van der Waals surface area contributed by atoms with Crippen molar-refractivity contribution in [1.29, 1.82) is 0 Å². The Bertz CT molecular complexity index is 1620. The maximum atomic E-state index is 12.0. The van der Waals surface area contributed by atoms with Crippen LogP contribution in [0.1, 0.15) is 31.4 Å². The van der Waals surface area contributed by atoms with Crippen molar-refractivity contribution in [1.82, 2.24) is 24.5 Å². The molecule has 0 radical (unpaired) electrons. The molecule has 4 aromatic rings. The van der Waals surface area contributed by atoms with Crippen LogP contribution in [0.2, 0.25) is 10.0 Å². The van der Waals surface area contributed by atoms with E-state index in [1.165, 1.54) is 6.26 Å². The van der Waals surface area contributed by atoms with E-state index in [0.29, 0.717) is 34.4 Å². The summed E-state index contributed by atoms with van der Waals surface area (Å²) < 4.78 is 31.9. The molecule has 12 heteroatoms. The number of fused-ring (bicyclic) bond motifs is 1. The third kappa shape index (κ3) is 5.06. The minimum atomic E-state index is -3.17. The first-order valence-corrected chi connectivity index (χ1v) is 15.3. The standard InChI is InChI=1S/C27H28Cl2N6O3S/c1-17(25-21(28)12-30-13-22(25)29)38-19-5-6-23-20(10-19)26(33-32-23)18-4-7-24(31-11-18)34-14-27(15-34)8-3-9-35(16-27)39(2,36)37/h4-7,10-13,17H,3,8-9,14-16H2,1-2H3,(H,32,33)/t17-/m1/s1. The number of benzene rings is 1. The van der Waals surface area contributed by atoms with E-state index < -0.39 is 10.0 Å². The molecule has 1 N–H and O–H groups in total. The van der Waals surface area contributed by atoms with E-state index >= 15 is 0 Å². The lowest BCUT2D eigenvalue weighted by molar-refractivity contribution is 0.108. The molecule has 0 bridgehead atoms. The second kappa shape index (κ2) is 9.92. The first-order chi connectivity index (χ1) is 18.6. The second-order valence-corrected chi connectivity index (χ2v) is 13.3. The quantitative estimate of drug-likeness (QED) is 0.325. The van der Waals surface area contributed by atoms with Crippen LogP contribution in [0.15, 0.2) is 48.9 Å². The Hall–Kier alpha value is -2.92. The van der Waals surface area contributed by atoms with E-state index in [-0.39, 0.29) is 11.5 Å². The number of halogens is 2. The van der Waals surface area contributed by atoms with Gasteiger partial charge in [-0.1, -0.05) is 23.2 Å². The summed E-state index contributed by atoms with van der Waals surface area (Å²) in [6.07, 6.45) is 7.78. The second-order valence-electron chi connectivity index (χ2n) is 10.5. The lowest BCUT2D eigenvalue weighted by atomic mass is 9.74. The number of H-pyrrole nitrogens is 1. The van der Waals surface area contributed by atoms with Gasteiger partial charge in [0.15, 0.2) is 0 Å². The predicted molar refractivity (Wildman–Crippen MR) is 153 cm³/mol.